The number of rotatable bonds is 0. The Morgan fingerprint density at radius 2 is 1.87 bits per heavy atom. The van der Waals surface area contributed by atoms with Crippen LogP contribution in [0.2, 0.25) is 0 Å². The number of ether oxygens (including phenoxy) is 1. The second kappa shape index (κ2) is 4.42. The highest BCUT2D eigenvalue weighted by atomic mass is 16.5. The summed E-state index contributed by atoms with van der Waals surface area (Å²) in [6.45, 7) is 10.2. The van der Waals surface area contributed by atoms with E-state index in [1.165, 1.54) is 32.2 Å². The van der Waals surface area contributed by atoms with Crippen LogP contribution in [0, 0.1) is 5.92 Å². The fourth-order valence-electron chi connectivity index (χ4n) is 2.90. The largest absolute Gasteiger partial charge is 0.377 e. The van der Waals surface area contributed by atoms with Gasteiger partial charge in [-0.05, 0) is 39.5 Å². The molecule has 2 heteroatoms. The number of fused-ring (bicyclic) bond motifs is 1. The predicted molar refractivity (Wildman–Crippen MR) is 63.0 cm³/mol. The van der Waals surface area contributed by atoms with E-state index in [9.17, 15) is 0 Å². The van der Waals surface area contributed by atoms with E-state index in [0.717, 1.165) is 19.1 Å². The number of hydrogen-bond donors (Lipinski definition) is 0. The number of hydrogen-bond acceptors (Lipinski definition) is 2. The van der Waals surface area contributed by atoms with E-state index in [-0.39, 0.29) is 0 Å². The van der Waals surface area contributed by atoms with Gasteiger partial charge in [-0.3, -0.25) is 4.90 Å². The molecule has 88 valence electrons. The zero-order valence-corrected chi connectivity index (χ0v) is 10.5. The fraction of sp³-hybridized carbons (Fsp3) is 1.00. The van der Waals surface area contributed by atoms with E-state index in [0.29, 0.717) is 11.6 Å². The molecule has 0 aromatic rings. The Kier molecular flexibility index (Phi) is 3.36. The fourth-order valence-corrected chi connectivity index (χ4v) is 2.90. The van der Waals surface area contributed by atoms with Crippen molar-refractivity contribution in [2.24, 2.45) is 5.92 Å². The maximum absolute atomic E-state index is 5.99. The molecule has 0 aromatic carbocycles. The summed E-state index contributed by atoms with van der Waals surface area (Å²) in [4.78, 5) is 2.60. The molecule has 1 saturated heterocycles. The third-order valence-electron chi connectivity index (χ3n) is 3.94. The Labute approximate surface area is 94.0 Å². The van der Waals surface area contributed by atoms with Gasteiger partial charge in [0.15, 0.2) is 0 Å². The van der Waals surface area contributed by atoms with Crippen molar-refractivity contribution in [1.29, 1.82) is 0 Å². The van der Waals surface area contributed by atoms with Crippen molar-refractivity contribution in [3.63, 3.8) is 0 Å². The van der Waals surface area contributed by atoms with Crippen molar-refractivity contribution < 1.29 is 4.74 Å². The summed E-state index contributed by atoms with van der Waals surface area (Å²) in [7, 11) is 0. The van der Waals surface area contributed by atoms with Crippen molar-refractivity contribution in [3.05, 3.63) is 0 Å². The first-order chi connectivity index (χ1) is 7.07. The first-order valence-electron chi connectivity index (χ1n) is 6.44. The minimum Gasteiger partial charge on any atom is -0.377 e. The molecule has 1 aliphatic carbocycles. The van der Waals surface area contributed by atoms with E-state index in [1.807, 2.05) is 0 Å². The molecule has 2 aliphatic rings. The molecule has 2 fully saturated rings. The molecule has 1 saturated carbocycles. The molecule has 2 nitrogen and oxygen atoms in total. The Bertz CT molecular complexity index is 209. The summed E-state index contributed by atoms with van der Waals surface area (Å²) in [5.74, 6) is 0.792. The van der Waals surface area contributed by atoms with Crippen molar-refractivity contribution in [3.8, 4) is 0 Å². The van der Waals surface area contributed by atoms with Crippen molar-refractivity contribution in [2.45, 2.75) is 58.1 Å². The van der Waals surface area contributed by atoms with Gasteiger partial charge in [-0.15, -0.1) is 0 Å². The first kappa shape index (κ1) is 11.4. The van der Waals surface area contributed by atoms with Gasteiger partial charge in [-0.2, -0.15) is 0 Å². The standard InChI is InChI=1S/C13H25NO/c1-13(2,3)14-8-9-15-12-7-5-4-6-11(12)10-14/h11-12H,4-10H2,1-3H3. The van der Waals surface area contributed by atoms with Crippen LogP contribution >= 0.6 is 0 Å². The molecule has 0 radical (unpaired) electrons. The van der Waals surface area contributed by atoms with Gasteiger partial charge in [-0.25, -0.2) is 0 Å². The third kappa shape index (κ3) is 2.73. The summed E-state index contributed by atoms with van der Waals surface area (Å²) >= 11 is 0. The Morgan fingerprint density at radius 1 is 1.13 bits per heavy atom. The molecule has 2 rings (SSSR count). The van der Waals surface area contributed by atoms with Gasteiger partial charge >= 0.3 is 0 Å². The van der Waals surface area contributed by atoms with Crippen molar-refractivity contribution >= 4 is 0 Å². The van der Waals surface area contributed by atoms with Crippen LogP contribution in [0.3, 0.4) is 0 Å². The summed E-state index contributed by atoms with van der Waals surface area (Å²) < 4.78 is 5.99. The second-order valence-electron chi connectivity index (χ2n) is 6.07. The van der Waals surface area contributed by atoms with Crippen LogP contribution in [0.25, 0.3) is 0 Å². The van der Waals surface area contributed by atoms with Crippen LogP contribution in [0.5, 0.6) is 0 Å². The third-order valence-corrected chi connectivity index (χ3v) is 3.94. The van der Waals surface area contributed by atoms with Gasteiger partial charge in [0, 0.05) is 18.6 Å². The molecule has 15 heavy (non-hydrogen) atoms. The van der Waals surface area contributed by atoms with Gasteiger partial charge in [0.1, 0.15) is 0 Å². The molecule has 1 aliphatic heterocycles. The quantitative estimate of drug-likeness (QED) is 0.611. The van der Waals surface area contributed by atoms with Crippen LogP contribution in [0.4, 0.5) is 0 Å². The molecule has 0 spiro atoms. The lowest BCUT2D eigenvalue weighted by Gasteiger charge is -2.37. The predicted octanol–water partition coefficient (Wildman–Crippen LogP) is 2.68. The van der Waals surface area contributed by atoms with Gasteiger partial charge in [0.25, 0.3) is 0 Å². The maximum atomic E-state index is 5.99. The molecular formula is C13H25NO. The van der Waals surface area contributed by atoms with Gasteiger partial charge < -0.3 is 4.74 Å². The molecule has 0 amide bonds. The van der Waals surface area contributed by atoms with Crippen LogP contribution in [0.15, 0.2) is 0 Å². The van der Waals surface area contributed by atoms with E-state index in [2.05, 4.69) is 25.7 Å². The molecule has 2 atom stereocenters. The van der Waals surface area contributed by atoms with Crippen LogP contribution in [-0.4, -0.2) is 36.2 Å². The zero-order chi connectivity index (χ0) is 10.9. The lowest BCUT2D eigenvalue weighted by atomic mass is 9.85. The lowest BCUT2D eigenvalue weighted by Crippen LogP contribution is -2.45. The van der Waals surface area contributed by atoms with Gasteiger partial charge in [0.05, 0.1) is 12.7 Å². The minimum absolute atomic E-state index is 0.301. The molecule has 1 heterocycles. The van der Waals surface area contributed by atoms with Crippen LogP contribution < -0.4 is 0 Å². The van der Waals surface area contributed by atoms with Gasteiger partial charge in [0.2, 0.25) is 0 Å². The van der Waals surface area contributed by atoms with Crippen molar-refractivity contribution in [1.82, 2.24) is 4.90 Å². The average molecular weight is 211 g/mol. The van der Waals surface area contributed by atoms with E-state index >= 15 is 0 Å². The van der Waals surface area contributed by atoms with Crippen molar-refractivity contribution in [2.75, 3.05) is 19.7 Å². The first-order valence-corrected chi connectivity index (χ1v) is 6.44. The minimum atomic E-state index is 0.301. The van der Waals surface area contributed by atoms with Gasteiger partial charge in [-0.1, -0.05) is 12.8 Å². The van der Waals surface area contributed by atoms with E-state index in [4.69, 9.17) is 4.74 Å². The highest BCUT2D eigenvalue weighted by Crippen LogP contribution is 2.31. The lowest BCUT2D eigenvalue weighted by molar-refractivity contribution is 0.00840. The molecule has 0 aromatic heterocycles. The molecule has 0 bridgehead atoms. The van der Waals surface area contributed by atoms with E-state index in [1.54, 1.807) is 0 Å². The van der Waals surface area contributed by atoms with E-state index < -0.39 is 0 Å². The second-order valence-corrected chi connectivity index (χ2v) is 6.07. The van der Waals surface area contributed by atoms with Crippen LogP contribution in [-0.2, 0) is 4.74 Å². The Hall–Kier alpha value is -0.0800. The Balaban J connectivity index is 2.01. The topological polar surface area (TPSA) is 12.5 Å². The summed E-state index contributed by atoms with van der Waals surface area (Å²) in [6, 6.07) is 0. The average Bonchev–Trinajstić information content (AvgIpc) is 2.38. The molecule has 0 N–H and O–H groups in total. The summed E-state index contributed by atoms with van der Waals surface area (Å²) in [5, 5.41) is 0. The molecular weight excluding hydrogens is 186 g/mol. The normalized spacial score (nSPS) is 34.6. The maximum Gasteiger partial charge on any atom is 0.0616 e. The smallest absolute Gasteiger partial charge is 0.0616 e. The SMILES string of the molecule is CC(C)(C)N1CCOC2CCCCC2C1. The highest BCUT2D eigenvalue weighted by molar-refractivity contribution is 4.86. The monoisotopic (exact) mass is 211 g/mol. The van der Waals surface area contributed by atoms with Crippen LogP contribution in [0.1, 0.15) is 46.5 Å². The zero-order valence-electron chi connectivity index (χ0n) is 10.5. The number of nitrogens with zero attached hydrogens (tertiary/aromatic N) is 1. The highest BCUT2D eigenvalue weighted by Gasteiger charge is 2.33. The summed E-state index contributed by atoms with van der Waals surface area (Å²) in [5.41, 5.74) is 0.301. The summed E-state index contributed by atoms with van der Waals surface area (Å²) in [6.07, 6.45) is 6.00. The molecule has 2 unspecified atom stereocenters. The Morgan fingerprint density at radius 3 is 2.60 bits per heavy atom.